The number of benzene rings is 1. The number of aryl methyl sites for hydroxylation is 1. The number of ether oxygens (including phenoxy) is 1. The SMILES string of the molecule is CCCc1ccc(-c2ncnc(N3CCC(C(=O)OC)CC3)c2[N+](=O)[O-])cc1. The molecule has 1 saturated heterocycles. The largest absolute Gasteiger partial charge is 0.469 e. The Balaban J connectivity index is 1.90. The lowest BCUT2D eigenvalue weighted by molar-refractivity contribution is -0.383. The van der Waals surface area contributed by atoms with Crippen LogP contribution in [0, 0.1) is 16.0 Å². The Labute approximate surface area is 163 Å². The van der Waals surface area contributed by atoms with Crippen molar-refractivity contribution in [1.29, 1.82) is 0 Å². The maximum Gasteiger partial charge on any atom is 0.337 e. The van der Waals surface area contributed by atoms with E-state index in [0.29, 0.717) is 43.0 Å². The van der Waals surface area contributed by atoms with E-state index >= 15 is 0 Å². The van der Waals surface area contributed by atoms with E-state index in [-0.39, 0.29) is 17.6 Å². The van der Waals surface area contributed by atoms with Crippen LogP contribution in [0.2, 0.25) is 0 Å². The summed E-state index contributed by atoms with van der Waals surface area (Å²) in [5, 5.41) is 11.9. The number of methoxy groups -OCH3 is 1. The van der Waals surface area contributed by atoms with Crippen molar-refractivity contribution in [1.82, 2.24) is 9.97 Å². The number of piperidine rings is 1. The molecule has 3 rings (SSSR count). The highest BCUT2D eigenvalue weighted by Crippen LogP contribution is 2.36. The third-order valence-electron chi connectivity index (χ3n) is 5.08. The van der Waals surface area contributed by atoms with Gasteiger partial charge in [0.1, 0.15) is 6.33 Å². The molecule has 0 amide bonds. The summed E-state index contributed by atoms with van der Waals surface area (Å²) >= 11 is 0. The van der Waals surface area contributed by atoms with Crippen molar-refractivity contribution in [2.45, 2.75) is 32.6 Å². The van der Waals surface area contributed by atoms with Crippen molar-refractivity contribution < 1.29 is 14.5 Å². The Bertz CT molecular complexity index is 846. The van der Waals surface area contributed by atoms with Crippen molar-refractivity contribution >= 4 is 17.5 Å². The van der Waals surface area contributed by atoms with Crippen LogP contribution < -0.4 is 4.90 Å². The van der Waals surface area contributed by atoms with Crippen LogP contribution >= 0.6 is 0 Å². The summed E-state index contributed by atoms with van der Waals surface area (Å²) in [5.41, 5.74) is 2.10. The molecule has 0 N–H and O–H groups in total. The number of carbonyl (C=O) groups excluding carboxylic acids is 1. The number of esters is 1. The number of nitrogens with zero attached hydrogens (tertiary/aromatic N) is 4. The van der Waals surface area contributed by atoms with Crippen LogP contribution in [0.5, 0.6) is 0 Å². The predicted molar refractivity (Wildman–Crippen MR) is 105 cm³/mol. The van der Waals surface area contributed by atoms with Gasteiger partial charge in [-0.15, -0.1) is 0 Å². The van der Waals surface area contributed by atoms with Gasteiger partial charge >= 0.3 is 11.7 Å². The van der Waals surface area contributed by atoms with Gasteiger partial charge in [-0.1, -0.05) is 37.6 Å². The van der Waals surface area contributed by atoms with Crippen molar-refractivity contribution in [3.63, 3.8) is 0 Å². The first-order chi connectivity index (χ1) is 13.5. The van der Waals surface area contributed by atoms with Gasteiger partial charge in [0.15, 0.2) is 5.69 Å². The summed E-state index contributed by atoms with van der Waals surface area (Å²) in [6.45, 7) is 3.12. The molecule has 0 bridgehead atoms. The Hall–Kier alpha value is -3.03. The van der Waals surface area contributed by atoms with E-state index in [2.05, 4.69) is 16.9 Å². The van der Waals surface area contributed by atoms with Crippen LogP contribution in [-0.4, -0.2) is 41.1 Å². The molecule has 2 heterocycles. The van der Waals surface area contributed by atoms with E-state index in [4.69, 9.17) is 4.74 Å². The van der Waals surface area contributed by atoms with Gasteiger partial charge in [-0.3, -0.25) is 14.9 Å². The molecule has 1 fully saturated rings. The van der Waals surface area contributed by atoms with Crippen molar-refractivity contribution in [2.75, 3.05) is 25.1 Å². The fourth-order valence-electron chi connectivity index (χ4n) is 3.59. The molecular formula is C20H24N4O4. The quantitative estimate of drug-likeness (QED) is 0.428. The first-order valence-corrected chi connectivity index (χ1v) is 9.46. The highest BCUT2D eigenvalue weighted by molar-refractivity contribution is 5.78. The number of aromatic nitrogens is 2. The molecule has 28 heavy (non-hydrogen) atoms. The number of nitro groups is 1. The molecule has 0 saturated carbocycles. The summed E-state index contributed by atoms with van der Waals surface area (Å²) < 4.78 is 4.81. The van der Waals surface area contributed by atoms with Crippen LogP contribution in [-0.2, 0) is 16.0 Å². The lowest BCUT2D eigenvalue weighted by atomic mass is 9.97. The molecule has 1 aromatic heterocycles. The van der Waals surface area contributed by atoms with Crippen LogP contribution in [0.25, 0.3) is 11.3 Å². The highest BCUT2D eigenvalue weighted by Gasteiger charge is 2.32. The molecule has 148 valence electrons. The lowest BCUT2D eigenvalue weighted by Gasteiger charge is -2.31. The maximum atomic E-state index is 11.9. The van der Waals surface area contributed by atoms with Gasteiger partial charge in [-0.25, -0.2) is 9.97 Å². The zero-order chi connectivity index (χ0) is 20.1. The van der Waals surface area contributed by atoms with Crippen molar-refractivity contribution in [3.05, 3.63) is 46.3 Å². The average molecular weight is 384 g/mol. The van der Waals surface area contributed by atoms with Crippen LogP contribution in [0.1, 0.15) is 31.7 Å². The molecule has 8 nitrogen and oxygen atoms in total. The molecule has 1 aromatic carbocycles. The van der Waals surface area contributed by atoms with E-state index in [9.17, 15) is 14.9 Å². The van der Waals surface area contributed by atoms with E-state index in [0.717, 1.165) is 12.8 Å². The van der Waals surface area contributed by atoms with Crippen molar-refractivity contribution in [2.24, 2.45) is 5.92 Å². The molecule has 0 unspecified atom stereocenters. The molecule has 0 atom stereocenters. The minimum Gasteiger partial charge on any atom is -0.469 e. The van der Waals surface area contributed by atoms with Crippen LogP contribution in [0.3, 0.4) is 0 Å². The predicted octanol–water partition coefficient (Wildman–Crippen LogP) is 3.39. The molecular weight excluding hydrogens is 360 g/mol. The summed E-state index contributed by atoms with van der Waals surface area (Å²) in [4.78, 5) is 33.4. The second kappa shape index (κ2) is 8.77. The summed E-state index contributed by atoms with van der Waals surface area (Å²) in [7, 11) is 1.38. The Morgan fingerprint density at radius 1 is 1.25 bits per heavy atom. The number of hydrogen-bond acceptors (Lipinski definition) is 7. The van der Waals surface area contributed by atoms with E-state index in [1.165, 1.54) is 19.0 Å². The van der Waals surface area contributed by atoms with Crippen LogP contribution in [0.4, 0.5) is 11.5 Å². The summed E-state index contributed by atoms with van der Waals surface area (Å²) in [6.07, 6.45) is 4.53. The lowest BCUT2D eigenvalue weighted by Crippen LogP contribution is -2.37. The molecule has 0 spiro atoms. The molecule has 1 aliphatic heterocycles. The molecule has 0 aliphatic carbocycles. The molecule has 8 heteroatoms. The number of anilines is 1. The molecule has 1 aliphatic rings. The normalized spacial score (nSPS) is 14.7. The van der Waals surface area contributed by atoms with Gasteiger partial charge in [0.05, 0.1) is 18.0 Å². The van der Waals surface area contributed by atoms with Gasteiger partial charge < -0.3 is 9.64 Å². The first kappa shape index (κ1) is 19.7. The van der Waals surface area contributed by atoms with E-state index in [1.807, 2.05) is 29.2 Å². The summed E-state index contributed by atoms with van der Waals surface area (Å²) in [6, 6.07) is 7.69. The van der Waals surface area contributed by atoms with E-state index < -0.39 is 4.92 Å². The number of hydrogen-bond donors (Lipinski definition) is 0. The van der Waals surface area contributed by atoms with Gasteiger partial charge in [0.25, 0.3) is 0 Å². The van der Waals surface area contributed by atoms with Gasteiger partial charge in [-0.05, 0) is 24.8 Å². The minimum atomic E-state index is -0.420. The Morgan fingerprint density at radius 3 is 2.50 bits per heavy atom. The monoisotopic (exact) mass is 384 g/mol. The topological polar surface area (TPSA) is 98.5 Å². The van der Waals surface area contributed by atoms with E-state index in [1.54, 1.807) is 0 Å². The van der Waals surface area contributed by atoms with Gasteiger partial charge in [0.2, 0.25) is 5.82 Å². The molecule has 2 aromatic rings. The fourth-order valence-corrected chi connectivity index (χ4v) is 3.59. The second-order valence-corrected chi connectivity index (χ2v) is 6.88. The second-order valence-electron chi connectivity index (χ2n) is 6.88. The third-order valence-corrected chi connectivity index (χ3v) is 5.08. The average Bonchev–Trinajstić information content (AvgIpc) is 2.73. The van der Waals surface area contributed by atoms with Gasteiger partial charge in [-0.2, -0.15) is 0 Å². The number of rotatable bonds is 6. The maximum absolute atomic E-state index is 11.9. The zero-order valence-electron chi connectivity index (χ0n) is 16.1. The first-order valence-electron chi connectivity index (χ1n) is 9.46. The highest BCUT2D eigenvalue weighted by atomic mass is 16.6. The van der Waals surface area contributed by atoms with Crippen LogP contribution in [0.15, 0.2) is 30.6 Å². The minimum absolute atomic E-state index is 0.0951. The standard InChI is InChI=1S/C20H24N4O4/c1-3-4-14-5-7-15(8-6-14)17-18(24(26)27)19(22-13-21-17)23-11-9-16(10-12-23)20(25)28-2/h5-8,13,16H,3-4,9-12H2,1-2H3. The Kier molecular flexibility index (Phi) is 6.18. The smallest absolute Gasteiger partial charge is 0.337 e. The summed E-state index contributed by atoms with van der Waals surface area (Å²) in [5.74, 6) is -0.103. The molecule has 0 radical (unpaired) electrons. The third kappa shape index (κ3) is 4.11. The fraction of sp³-hybridized carbons (Fsp3) is 0.450. The zero-order valence-corrected chi connectivity index (χ0v) is 16.1. The Morgan fingerprint density at radius 2 is 1.93 bits per heavy atom. The van der Waals surface area contributed by atoms with Crippen molar-refractivity contribution in [3.8, 4) is 11.3 Å². The number of carbonyl (C=O) groups is 1. The van der Waals surface area contributed by atoms with Gasteiger partial charge in [0, 0.05) is 18.7 Å².